The molecule has 0 saturated carbocycles. The van der Waals surface area contributed by atoms with Crippen molar-refractivity contribution in [3.63, 3.8) is 0 Å². The minimum atomic E-state index is -1.06. The van der Waals surface area contributed by atoms with Crippen LogP contribution in [-0.2, 0) is 4.79 Å². The van der Waals surface area contributed by atoms with E-state index in [0.29, 0.717) is 0 Å². The molecule has 3 N–H and O–H groups in total. The fourth-order valence-electron chi connectivity index (χ4n) is 1.09. The van der Waals surface area contributed by atoms with Crippen LogP contribution in [-0.4, -0.2) is 11.9 Å². The zero-order chi connectivity index (χ0) is 11.4. The number of hydrogen-bond acceptors (Lipinski definition) is 2. The van der Waals surface area contributed by atoms with Crippen LogP contribution in [0.15, 0.2) is 18.2 Å². The second-order valence-corrected chi connectivity index (χ2v) is 3.33. The lowest BCUT2D eigenvalue weighted by molar-refractivity contribution is -0.116. The predicted molar refractivity (Wildman–Crippen MR) is 60.5 cm³/mol. The molecule has 1 amide bonds. The van der Waals surface area contributed by atoms with Gasteiger partial charge in [-0.1, -0.05) is 6.07 Å². The van der Waals surface area contributed by atoms with Gasteiger partial charge in [0.25, 0.3) is 0 Å². The molecule has 1 rings (SSSR count). The molecule has 0 fully saturated rings. The summed E-state index contributed by atoms with van der Waals surface area (Å²) >= 11 is 0. The first-order valence-electron chi connectivity index (χ1n) is 4.50. The van der Waals surface area contributed by atoms with E-state index < -0.39 is 17.5 Å². The zero-order valence-electron chi connectivity index (χ0n) is 8.67. The Balaban J connectivity index is 0.00000225. The van der Waals surface area contributed by atoms with E-state index in [1.54, 1.807) is 6.92 Å². The average Bonchev–Trinajstić information content (AvgIpc) is 2.11. The lowest BCUT2D eigenvalue weighted by Gasteiger charge is -2.08. The molecule has 1 atom stereocenters. The Bertz CT molecular complexity index is 372. The Morgan fingerprint density at radius 1 is 1.50 bits per heavy atom. The lowest BCUT2D eigenvalue weighted by Crippen LogP contribution is -2.24. The molecule has 1 aromatic rings. The number of rotatable bonds is 3. The number of nitrogens with two attached hydrogens (primary N) is 1. The van der Waals surface area contributed by atoms with Crippen molar-refractivity contribution in [1.29, 1.82) is 0 Å². The number of nitrogens with one attached hydrogen (secondary N) is 1. The highest BCUT2D eigenvalue weighted by Gasteiger charge is 2.11. The summed E-state index contributed by atoms with van der Waals surface area (Å²) in [7, 11) is 0. The van der Waals surface area contributed by atoms with Gasteiger partial charge in [-0.2, -0.15) is 0 Å². The largest absolute Gasteiger partial charge is 0.327 e. The van der Waals surface area contributed by atoms with E-state index in [9.17, 15) is 13.6 Å². The topological polar surface area (TPSA) is 55.1 Å². The average molecular weight is 251 g/mol. The van der Waals surface area contributed by atoms with Gasteiger partial charge >= 0.3 is 0 Å². The fraction of sp³-hybridized carbons (Fsp3) is 0.300. The van der Waals surface area contributed by atoms with Gasteiger partial charge in [0.05, 0.1) is 5.69 Å². The van der Waals surface area contributed by atoms with Crippen LogP contribution in [0, 0.1) is 11.6 Å². The second-order valence-electron chi connectivity index (χ2n) is 3.33. The van der Waals surface area contributed by atoms with Crippen molar-refractivity contribution in [2.24, 2.45) is 5.73 Å². The van der Waals surface area contributed by atoms with Crippen molar-refractivity contribution in [1.82, 2.24) is 0 Å². The summed E-state index contributed by atoms with van der Waals surface area (Å²) in [4.78, 5) is 11.2. The Hall–Kier alpha value is -1.20. The molecular formula is C10H13ClF2N2O. The molecule has 0 aliphatic heterocycles. The van der Waals surface area contributed by atoms with Crippen LogP contribution in [0.1, 0.15) is 13.3 Å². The molecule has 0 aromatic heterocycles. The molecule has 0 saturated heterocycles. The molecule has 0 heterocycles. The first-order chi connectivity index (χ1) is 7.00. The summed E-state index contributed by atoms with van der Waals surface area (Å²) in [6.07, 6.45) is 0.0654. The highest BCUT2D eigenvalue weighted by molar-refractivity contribution is 5.91. The molecule has 0 aliphatic rings. The van der Waals surface area contributed by atoms with Crippen LogP contribution in [0.2, 0.25) is 0 Å². The number of amides is 1. The van der Waals surface area contributed by atoms with Gasteiger partial charge in [-0.3, -0.25) is 4.79 Å². The van der Waals surface area contributed by atoms with Crippen molar-refractivity contribution in [2.45, 2.75) is 19.4 Å². The van der Waals surface area contributed by atoms with Gasteiger partial charge in [-0.25, -0.2) is 8.78 Å². The van der Waals surface area contributed by atoms with E-state index in [0.717, 1.165) is 6.07 Å². The fourth-order valence-corrected chi connectivity index (χ4v) is 1.09. The number of anilines is 1. The normalized spacial score (nSPS) is 11.5. The van der Waals surface area contributed by atoms with E-state index >= 15 is 0 Å². The van der Waals surface area contributed by atoms with Gasteiger partial charge in [0.15, 0.2) is 11.6 Å². The van der Waals surface area contributed by atoms with Crippen LogP contribution >= 0.6 is 12.4 Å². The summed E-state index contributed by atoms with van der Waals surface area (Å²) in [5.74, 6) is -2.49. The Labute approximate surface area is 98.4 Å². The molecular weight excluding hydrogens is 238 g/mol. The number of benzene rings is 1. The van der Waals surface area contributed by atoms with Crippen LogP contribution in [0.3, 0.4) is 0 Å². The minimum absolute atomic E-state index is 0. The zero-order valence-corrected chi connectivity index (χ0v) is 9.48. The first kappa shape index (κ1) is 14.8. The highest BCUT2D eigenvalue weighted by atomic mass is 35.5. The Morgan fingerprint density at radius 3 is 2.69 bits per heavy atom. The summed E-state index contributed by atoms with van der Waals surface area (Å²) in [5.41, 5.74) is 5.22. The number of carbonyl (C=O) groups is 1. The molecule has 1 unspecified atom stereocenters. The van der Waals surface area contributed by atoms with Crippen molar-refractivity contribution in [3.05, 3.63) is 29.8 Å². The van der Waals surface area contributed by atoms with Gasteiger partial charge in [0.1, 0.15) is 0 Å². The van der Waals surface area contributed by atoms with E-state index in [2.05, 4.69) is 5.32 Å². The quantitative estimate of drug-likeness (QED) is 0.863. The third kappa shape index (κ3) is 4.12. The molecule has 1 aromatic carbocycles. The maximum absolute atomic E-state index is 13.1. The number of halogens is 3. The van der Waals surface area contributed by atoms with E-state index in [-0.39, 0.29) is 30.6 Å². The first-order valence-corrected chi connectivity index (χ1v) is 4.50. The second kappa shape index (κ2) is 6.40. The minimum Gasteiger partial charge on any atom is -0.327 e. The third-order valence-corrected chi connectivity index (χ3v) is 1.73. The molecule has 0 aliphatic carbocycles. The molecule has 16 heavy (non-hydrogen) atoms. The van der Waals surface area contributed by atoms with Gasteiger partial charge in [0.2, 0.25) is 5.91 Å². The van der Waals surface area contributed by atoms with E-state index in [1.165, 1.54) is 12.1 Å². The van der Waals surface area contributed by atoms with E-state index in [4.69, 9.17) is 5.73 Å². The maximum Gasteiger partial charge on any atom is 0.226 e. The summed E-state index contributed by atoms with van der Waals surface area (Å²) in [6, 6.07) is 3.27. The Morgan fingerprint density at radius 2 is 2.12 bits per heavy atom. The molecule has 0 spiro atoms. The van der Waals surface area contributed by atoms with Gasteiger partial charge in [-0.15, -0.1) is 12.4 Å². The van der Waals surface area contributed by atoms with Crippen LogP contribution in [0.4, 0.5) is 14.5 Å². The highest BCUT2D eigenvalue weighted by Crippen LogP contribution is 2.16. The van der Waals surface area contributed by atoms with Crippen molar-refractivity contribution >= 4 is 24.0 Å². The molecule has 0 bridgehead atoms. The van der Waals surface area contributed by atoms with Crippen molar-refractivity contribution in [3.8, 4) is 0 Å². The smallest absolute Gasteiger partial charge is 0.226 e. The third-order valence-electron chi connectivity index (χ3n) is 1.73. The summed E-state index contributed by atoms with van der Waals surface area (Å²) in [5, 5.41) is 2.25. The summed E-state index contributed by atoms with van der Waals surface area (Å²) in [6.45, 7) is 1.65. The molecule has 0 radical (unpaired) electrons. The number of carbonyl (C=O) groups excluding carboxylic acids is 1. The van der Waals surface area contributed by atoms with Gasteiger partial charge in [0, 0.05) is 12.5 Å². The SMILES string of the molecule is CC(N)CC(=O)Nc1cccc(F)c1F.Cl. The van der Waals surface area contributed by atoms with Crippen LogP contribution < -0.4 is 11.1 Å². The maximum atomic E-state index is 13.1. The van der Waals surface area contributed by atoms with Crippen LogP contribution in [0.25, 0.3) is 0 Å². The van der Waals surface area contributed by atoms with Crippen molar-refractivity contribution in [2.75, 3.05) is 5.32 Å². The Kier molecular flexibility index (Phi) is 5.92. The molecule has 3 nitrogen and oxygen atoms in total. The molecule has 90 valence electrons. The van der Waals surface area contributed by atoms with Gasteiger partial charge in [-0.05, 0) is 19.1 Å². The monoisotopic (exact) mass is 250 g/mol. The van der Waals surface area contributed by atoms with E-state index in [1.807, 2.05) is 0 Å². The van der Waals surface area contributed by atoms with Crippen molar-refractivity contribution < 1.29 is 13.6 Å². The van der Waals surface area contributed by atoms with Gasteiger partial charge < -0.3 is 11.1 Å². The number of hydrogen-bond donors (Lipinski definition) is 2. The standard InChI is InChI=1S/C10H12F2N2O.ClH/c1-6(13)5-9(15)14-8-4-2-3-7(11)10(8)12;/h2-4,6H,5,13H2,1H3,(H,14,15);1H. The lowest BCUT2D eigenvalue weighted by atomic mass is 10.2. The molecule has 6 heteroatoms. The van der Waals surface area contributed by atoms with Crippen LogP contribution in [0.5, 0.6) is 0 Å². The predicted octanol–water partition coefficient (Wildman–Crippen LogP) is 2.06. The summed E-state index contributed by atoms with van der Waals surface area (Å²) < 4.78 is 25.8.